The molecule has 0 saturated carbocycles. The lowest BCUT2D eigenvalue weighted by atomic mass is 9.78. The fraction of sp³-hybridized carbons (Fsp3) is 0.739. The first-order valence-corrected chi connectivity index (χ1v) is 9.64. The van der Waals surface area contributed by atoms with Crippen molar-refractivity contribution in [3.63, 3.8) is 0 Å². The summed E-state index contributed by atoms with van der Waals surface area (Å²) in [5.74, 6) is 5.53. The highest BCUT2D eigenvalue weighted by Gasteiger charge is 2.20. The maximum absolute atomic E-state index is 2.32. The minimum Gasteiger partial charge on any atom is -0.0625 e. The third-order valence-corrected chi connectivity index (χ3v) is 4.93. The molecule has 0 aliphatic carbocycles. The molecule has 0 radical (unpaired) electrons. The molecule has 0 aliphatic heterocycles. The molecule has 23 heavy (non-hydrogen) atoms. The van der Waals surface area contributed by atoms with Gasteiger partial charge in [0, 0.05) is 0 Å². The van der Waals surface area contributed by atoms with Crippen LogP contribution in [0.2, 0.25) is 0 Å². The molecule has 0 spiro atoms. The molecule has 0 aromatic heterocycles. The van der Waals surface area contributed by atoms with Crippen LogP contribution < -0.4 is 0 Å². The monoisotopic (exact) mass is 318 g/mol. The summed E-state index contributed by atoms with van der Waals surface area (Å²) < 4.78 is 0. The van der Waals surface area contributed by atoms with E-state index in [0.29, 0.717) is 5.92 Å². The Morgan fingerprint density at radius 3 is 1.04 bits per heavy atom. The van der Waals surface area contributed by atoms with Crippen molar-refractivity contribution in [2.24, 2.45) is 35.5 Å². The second-order valence-corrected chi connectivity index (χ2v) is 8.73. The summed E-state index contributed by atoms with van der Waals surface area (Å²) in [5, 5.41) is 0. The Balaban J connectivity index is 0.000000438. The molecule has 0 bridgehead atoms. The zero-order valence-corrected chi connectivity index (χ0v) is 17.4. The molecular weight excluding hydrogens is 276 g/mol. The van der Waals surface area contributed by atoms with Crippen LogP contribution in [0.15, 0.2) is 30.3 Å². The third kappa shape index (κ3) is 8.04. The number of hydrogen-bond acceptors (Lipinski definition) is 0. The highest BCUT2D eigenvalue weighted by Crippen LogP contribution is 2.31. The molecule has 0 heterocycles. The lowest BCUT2D eigenvalue weighted by Crippen LogP contribution is -2.21. The SMILES string of the molecule is CC(C)C(C(C)C)C(C)C.CC(C)C(c1ccccc1)C(C)C. The fourth-order valence-corrected chi connectivity index (χ4v) is 4.52. The van der Waals surface area contributed by atoms with E-state index >= 15 is 0 Å². The van der Waals surface area contributed by atoms with Gasteiger partial charge < -0.3 is 0 Å². The second kappa shape index (κ2) is 10.9. The average molecular weight is 319 g/mol. The molecule has 0 saturated heterocycles. The molecule has 0 amide bonds. The number of rotatable bonds is 6. The first-order chi connectivity index (χ1) is 10.6. The minimum atomic E-state index is 0.696. The van der Waals surface area contributed by atoms with E-state index in [4.69, 9.17) is 0 Å². The van der Waals surface area contributed by atoms with Gasteiger partial charge in [0.05, 0.1) is 0 Å². The van der Waals surface area contributed by atoms with Gasteiger partial charge in [-0.05, 0) is 47.0 Å². The predicted molar refractivity (Wildman–Crippen MR) is 107 cm³/mol. The van der Waals surface area contributed by atoms with Gasteiger partial charge in [0.15, 0.2) is 0 Å². The highest BCUT2D eigenvalue weighted by atomic mass is 14.3. The average Bonchev–Trinajstić information content (AvgIpc) is 2.38. The van der Waals surface area contributed by atoms with Gasteiger partial charge in [-0.3, -0.25) is 0 Å². The summed E-state index contributed by atoms with van der Waals surface area (Å²) in [5.41, 5.74) is 1.48. The Hall–Kier alpha value is -0.780. The smallest absolute Gasteiger partial charge is 0.0116 e. The van der Waals surface area contributed by atoms with E-state index in [1.807, 2.05) is 0 Å². The summed E-state index contributed by atoms with van der Waals surface area (Å²) in [6.45, 7) is 23.2. The lowest BCUT2D eigenvalue weighted by molar-refractivity contribution is 0.212. The molecule has 1 rings (SSSR count). The van der Waals surface area contributed by atoms with E-state index in [-0.39, 0.29) is 0 Å². The first kappa shape index (κ1) is 22.2. The van der Waals surface area contributed by atoms with Crippen LogP contribution in [0.4, 0.5) is 0 Å². The van der Waals surface area contributed by atoms with Crippen LogP contribution in [0.25, 0.3) is 0 Å². The first-order valence-electron chi connectivity index (χ1n) is 9.64. The molecule has 0 nitrogen and oxygen atoms in total. The van der Waals surface area contributed by atoms with E-state index in [2.05, 4.69) is 99.6 Å². The topological polar surface area (TPSA) is 0 Å². The highest BCUT2D eigenvalue weighted by molar-refractivity contribution is 5.20. The van der Waals surface area contributed by atoms with Gasteiger partial charge >= 0.3 is 0 Å². The zero-order chi connectivity index (χ0) is 18.2. The van der Waals surface area contributed by atoms with Crippen LogP contribution in [-0.2, 0) is 0 Å². The predicted octanol–water partition coefficient (Wildman–Crippen LogP) is 7.65. The van der Waals surface area contributed by atoms with Crippen LogP contribution in [0, 0.1) is 35.5 Å². The van der Waals surface area contributed by atoms with E-state index in [1.165, 1.54) is 5.56 Å². The van der Waals surface area contributed by atoms with Gasteiger partial charge in [0.25, 0.3) is 0 Å². The quantitative estimate of drug-likeness (QED) is 0.505. The Bertz CT molecular complexity index is 357. The summed E-state index contributed by atoms with van der Waals surface area (Å²) in [7, 11) is 0. The van der Waals surface area contributed by atoms with Crippen LogP contribution in [0.3, 0.4) is 0 Å². The van der Waals surface area contributed by atoms with Crippen LogP contribution in [0.5, 0.6) is 0 Å². The van der Waals surface area contributed by atoms with Crippen molar-refractivity contribution in [1.29, 1.82) is 0 Å². The van der Waals surface area contributed by atoms with Crippen LogP contribution in [-0.4, -0.2) is 0 Å². The van der Waals surface area contributed by atoms with E-state index < -0.39 is 0 Å². The van der Waals surface area contributed by atoms with Gasteiger partial charge in [-0.25, -0.2) is 0 Å². The Morgan fingerprint density at radius 2 is 0.826 bits per heavy atom. The maximum atomic E-state index is 2.32. The summed E-state index contributed by atoms with van der Waals surface area (Å²) in [6, 6.07) is 10.8. The fourth-order valence-electron chi connectivity index (χ4n) is 4.52. The van der Waals surface area contributed by atoms with E-state index in [9.17, 15) is 0 Å². The molecule has 134 valence electrons. The summed E-state index contributed by atoms with van der Waals surface area (Å²) in [4.78, 5) is 0. The Labute approximate surface area is 147 Å². The van der Waals surface area contributed by atoms with Crippen molar-refractivity contribution < 1.29 is 0 Å². The molecule has 0 heteroatoms. The van der Waals surface area contributed by atoms with Crippen LogP contribution >= 0.6 is 0 Å². The summed E-state index contributed by atoms with van der Waals surface area (Å²) >= 11 is 0. The lowest BCUT2D eigenvalue weighted by Gasteiger charge is -2.28. The number of benzene rings is 1. The van der Waals surface area contributed by atoms with Crippen LogP contribution in [0.1, 0.15) is 80.7 Å². The van der Waals surface area contributed by atoms with Gasteiger partial charge in [0.1, 0.15) is 0 Å². The van der Waals surface area contributed by atoms with E-state index in [0.717, 1.165) is 35.5 Å². The van der Waals surface area contributed by atoms with Crippen molar-refractivity contribution in [3.05, 3.63) is 35.9 Å². The van der Waals surface area contributed by atoms with Crippen molar-refractivity contribution in [3.8, 4) is 0 Å². The van der Waals surface area contributed by atoms with Gasteiger partial charge in [-0.2, -0.15) is 0 Å². The van der Waals surface area contributed by atoms with Crippen molar-refractivity contribution >= 4 is 0 Å². The Morgan fingerprint density at radius 1 is 0.478 bits per heavy atom. The standard InChI is InChI=1S/C13H20.C10H22/c1-10(2)13(11(3)4)12-8-6-5-7-9-12;1-7(2)10(8(3)4)9(5)6/h5-11,13H,1-4H3;7-10H,1-6H3. The van der Waals surface area contributed by atoms with Gasteiger partial charge in [0.2, 0.25) is 0 Å². The molecule has 0 aliphatic rings. The zero-order valence-electron chi connectivity index (χ0n) is 17.4. The molecule has 1 aromatic carbocycles. The number of hydrogen-bond donors (Lipinski definition) is 0. The molecule has 0 N–H and O–H groups in total. The van der Waals surface area contributed by atoms with Gasteiger partial charge in [-0.1, -0.05) is 99.6 Å². The molecular formula is C23H42. The molecule has 0 atom stereocenters. The molecule has 0 unspecified atom stereocenters. The normalized spacial score (nSPS) is 12.0. The van der Waals surface area contributed by atoms with Crippen molar-refractivity contribution in [1.82, 2.24) is 0 Å². The van der Waals surface area contributed by atoms with Gasteiger partial charge in [-0.15, -0.1) is 0 Å². The third-order valence-electron chi connectivity index (χ3n) is 4.93. The summed E-state index contributed by atoms with van der Waals surface area (Å²) in [6.07, 6.45) is 0. The largest absolute Gasteiger partial charge is 0.0625 e. The minimum absolute atomic E-state index is 0.696. The molecule has 0 fully saturated rings. The second-order valence-electron chi connectivity index (χ2n) is 8.73. The maximum Gasteiger partial charge on any atom is -0.0116 e. The molecule has 1 aromatic rings. The Kier molecular flexibility index (Phi) is 10.5. The van der Waals surface area contributed by atoms with Crippen molar-refractivity contribution in [2.75, 3.05) is 0 Å². The van der Waals surface area contributed by atoms with E-state index in [1.54, 1.807) is 0 Å². The van der Waals surface area contributed by atoms with Crippen molar-refractivity contribution in [2.45, 2.75) is 75.2 Å².